The second-order valence-electron chi connectivity index (χ2n) is 10.2. The molecule has 1 N–H and O–H groups in total. The molecule has 3 rings (SSSR count). The van der Waals surface area contributed by atoms with Crippen LogP contribution in [0, 0.1) is 26.6 Å². The van der Waals surface area contributed by atoms with Gasteiger partial charge in [-0.1, -0.05) is 60.5 Å². The number of anilines is 1. The number of aryl methyl sites for hydroxylation is 3. The van der Waals surface area contributed by atoms with Crippen LogP contribution in [0.3, 0.4) is 0 Å². The Labute approximate surface area is 237 Å². The Bertz CT molecular complexity index is 1460. The van der Waals surface area contributed by atoms with Crippen molar-refractivity contribution in [3.63, 3.8) is 0 Å². The van der Waals surface area contributed by atoms with Crippen molar-refractivity contribution in [2.75, 3.05) is 10.8 Å². The Morgan fingerprint density at radius 1 is 0.925 bits per heavy atom. The van der Waals surface area contributed by atoms with Gasteiger partial charge in [0.25, 0.3) is 10.0 Å². The third-order valence-electron chi connectivity index (χ3n) is 6.98. The molecule has 0 saturated carbocycles. The Balaban J connectivity index is 2.07. The Hall–Kier alpha value is -3.72. The van der Waals surface area contributed by atoms with E-state index in [0.717, 1.165) is 15.4 Å². The third kappa shape index (κ3) is 7.27. The highest BCUT2D eigenvalue weighted by atomic mass is 32.2. The molecule has 0 aliphatic carbocycles. The van der Waals surface area contributed by atoms with Gasteiger partial charge in [0.15, 0.2) is 0 Å². The Kier molecular flexibility index (Phi) is 10.1. The molecule has 0 aliphatic heterocycles. The van der Waals surface area contributed by atoms with E-state index in [1.165, 1.54) is 23.1 Å². The average molecular weight is 568 g/mol. The van der Waals surface area contributed by atoms with Gasteiger partial charge in [-0.05, 0) is 70.9 Å². The van der Waals surface area contributed by atoms with Crippen molar-refractivity contribution < 1.29 is 22.4 Å². The van der Waals surface area contributed by atoms with Crippen LogP contribution in [0.5, 0.6) is 0 Å². The van der Waals surface area contributed by atoms with E-state index in [2.05, 4.69) is 5.32 Å². The summed E-state index contributed by atoms with van der Waals surface area (Å²) >= 11 is 0. The maximum Gasteiger partial charge on any atom is 0.264 e. The van der Waals surface area contributed by atoms with E-state index in [0.29, 0.717) is 17.7 Å². The van der Waals surface area contributed by atoms with Gasteiger partial charge in [0, 0.05) is 18.2 Å². The number of hydrogen-bond acceptors (Lipinski definition) is 4. The van der Waals surface area contributed by atoms with E-state index < -0.39 is 40.2 Å². The van der Waals surface area contributed by atoms with Crippen LogP contribution in [0.25, 0.3) is 0 Å². The van der Waals surface area contributed by atoms with E-state index in [1.54, 1.807) is 56.3 Å². The summed E-state index contributed by atoms with van der Waals surface area (Å²) in [5.74, 6) is -1.56. The number of carbonyl (C=O) groups excluding carboxylic acids is 2. The highest BCUT2D eigenvalue weighted by Gasteiger charge is 2.33. The number of nitrogens with zero attached hydrogens (tertiary/aromatic N) is 2. The van der Waals surface area contributed by atoms with Gasteiger partial charge in [0.05, 0.1) is 10.6 Å². The lowest BCUT2D eigenvalue weighted by molar-refractivity contribution is -0.139. The number of hydrogen-bond donors (Lipinski definition) is 1. The molecule has 0 aromatic heterocycles. The van der Waals surface area contributed by atoms with Crippen LogP contribution in [0.2, 0.25) is 0 Å². The molecule has 0 saturated heterocycles. The summed E-state index contributed by atoms with van der Waals surface area (Å²) in [5.41, 5.74) is 3.08. The van der Waals surface area contributed by atoms with Crippen molar-refractivity contribution in [3.8, 4) is 0 Å². The summed E-state index contributed by atoms with van der Waals surface area (Å²) in [5, 5.41) is 2.87. The number of benzene rings is 3. The molecule has 2 amide bonds. The fraction of sp³-hybridized carbons (Fsp3) is 0.355. The molecule has 0 unspecified atom stereocenters. The highest BCUT2D eigenvalue weighted by Crippen LogP contribution is 2.28. The van der Waals surface area contributed by atoms with Crippen molar-refractivity contribution in [3.05, 3.63) is 94.8 Å². The van der Waals surface area contributed by atoms with E-state index in [1.807, 2.05) is 33.8 Å². The third-order valence-corrected chi connectivity index (χ3v) is 8.75. The molecular weight excluding hydrogens is 529 g/mol. The van der Waals surface area contributed by atoms with Gasteiger partial charge in [-0.15, -0.1) is 0 Å². The first-order valence-electron chi connectivity index (χ1n) is 13.3. The van der Waals surface area contributed by atoms with Gasteiger partial charge in [0.1, 0.15) is 18.4 Å². The quantitative estimate of drug-likeness (QED) is 0.342. The largest absolute Gasteiger partial charge is 0.352 e. The van der Waals surface area contributed by atoms with Crippen molar-refractivity contribution in [2.45, 2.75) is 71.5 Å². The smallest absolute Gasteiger partial charge is 0.264 e. The van der Waals surface area contributed by atoms with Gasteiger partial charge in [-0.25, -0.2) is 12.8 Å². The number of rotatable bonds is 11. The first kappa shape index (κ1) is 30.8. The minimum atomic E-state index is -4.17. The molecule has 214 valence electrons. The van der Waals surface area contributed by atoms with Crippen LogP contribution in [0.15, 0.2) is 71.6 Å². The fourth-order valence-corrected chi connectivity index (χ4v) is 5.77. The van der Waals surface area contributed by atoms with Crippen LogP contribution in [0.4, 0.5) is 10.1 Å². The monoisotopic (exact) mass is 567 g/mol. The molecule has 9 heteroatoms. The molecule has 0 aliphatic rings. The summed E-state index contributed by atoms with van der Waals surface area (Å²) in [6.45, 7) is 10.1. The van der Waals surface area contributed by atoms with Gasteiger partial charge < -0.3 is 10.2 Å². The Morgan fingerprint density at radius 2 is 1.55 bits per heavy atom. The maximum atomic E-state index is 14.7. The number of nitrogens with one attached hydrogen (secondary N) is 1. The standard InChI is InChI=1S/C31H38FN3O4S/c1-7-24(5)33-31(37)25(6)34(19-26-10-8-9-11-28(26)32)30(36)20-35(29-17-14-22(3)18-23(29)4)40(38,39)27-15-12-21(2)13-16-27/h8-18,24-25H,7,19-20H2,1-6H3,(H,33,37)/t24-,25-/m0/s1. The zero-order chi connectivity index (χ0) is 29.6. The second kappa shape index (κ2) is 13.1. The van der Waals surface area contributed by atoms with Crippen molar-refractivity contribution in [2.24, 2.45) is 0 Å². The molecular formula is C31H38FN3O4S. The molecule has 7 nitrogen and oxygen atoms in total. The van der Waals surface area contributed by atoms with Gasteiger partial charge in [0.2, 0.25) is 11.8 Å². The first-order valence-corrected chi connectivity index (χ1v) is 14.8. The summed E-state index contributed by atoms with van der Waals surface area (Å²) < 4.78 is 43.6. The summed E-state index contributed by atoms with van der Waals surface area (Å²) in [6.07, 6.45) is 0.689. The number of halogens is 1. The number of sulfonamides is 1. The van der Waals surface area contributed by atoms with Crippen molar-refractivity contribution in [1.82, 2.24) is 10.2 Å². The fourth-order valence-electron chi connectivity index (χ4n) is 4.29. The minimum Gasteiger partial charge on any atom is -0.352 e. The van der Waals surface area contributed by atoms with E-state index in [-0.39, 0.29) is 23.0 Å². The Morgan fingerprint density at radius 3 is 2.15 bits per heavy atom. The minimum absolute atomic E-state index is 0.0362. The van der Waals surface area contributed by atoms with Crippen LogP contribution in [-0.2, 0) is 26.2 Å². The summed E-state index contributed by atoms with van der Waals surface area (Å²) in [7, 11) is -4.17. The zero-order valence-corrected chi connectivity index (χ0v) is 24.8. The molecule has 0 bridgehead atoms. The van der Waals surface area contributed by atoms with Crippen molar-refractivity contribution in [1.29, 1.82) is 0 Å². The summed E-state index contributed by atoms with van der Waals surface area (Å²) in [4.78, 5) is 28.3. The first-order chi connectivity index (χ1) is 18.8. The number of carbonyl (C=O) groups is 2. The zero-order valence-electron chi connectivity index (χ0n) is 23.9. The van der Waals surface area contributed by atoms with Gasteiger partial charge in [-0.2, -0.15) is 0 Å². The van der Waals surface area contributed by atoms with E-state index in [9.17, 15) is 22.4 Å². The maximum absolute atomic E-state index is 14.7. The molecule has 0 fully saturated rings. The summed E-state index contributed by atoms with van der Waals surface area (Å²) in [6, 6.07) is 16.6. The molecule has 3 aromatic rings. The van der Waals surface area contributed by atoms with Crippen LogP contribution >= 0.6 is 0 Å². The topological polar surface area (TPSA) is 86.8 Å². The van der Waals surface area contributed by atoms with Crippen LogP contribution in [0.1, 0.15) is 49.4 Å². The van der Waals surface area contributed by atoms with E-state index >= 15 is 0 Å². The average Bonchev–Trinajstić information content (AvgIpc) is 2.91. The second-order valence-corrected chi connectivity index (χ2v) is 12.1. The van der Waals surface area contributed by atoms with Gasteiger partial charge >= 0.3 is 0 Å². The highest BCUT2D eigenvalue weighted by molar-refractivity contribution is 7.92. The van der Waals surface area contributed by atoms with Crippen LogP contribution in [-0.4, -0.2) is 43.8 Å². The number of amides is 2. The normalized spacial score (nSPS) is 12.9. The van der Waals surface area contributed by atoms with Crippen molar-refractivity contribution >= 4 is 27.5 Å². The predicted molar refractivity (Wildman–Crippen MR) is 156 cm³/mol. The van der Waals surface area contributed by atoms with Crippen LogP contribution < -0.4 is 9.62 Å². The molecule has 0 heterocycles. The molecule has 3 aromatic carbocycles. The SMILES string of the molecule is CC[C@H](C)NC(=O)[C@H](C)N(Cc1ccccc1F)C(=O)CN(c1ccc(C)cc1C)S(=O)(=O)c1ccc(C)cc1. The van der Waals surface area contributed by atoms with Gasteiger partial charge in [-0.3, -0.25) is 13.9 Å². The molecule has 40 heavy (non-hydrogen) atoms. The lowest BCUT2D eigenvalue weighted by atomic mass is 10.1. The lowest BCUT2D eigenvalue weighted by Gasteiger charge is -2.33. The predicted octanol–water partition coefficient (Wildman–Crippen LogP) is 5.28. The lowest BCUT2D eigenvalue weighted by Crippen LogP contribution is -2.52. The molecule has 0 spiro atoms. The molecule has 0 radical (unpaired) electrons. The molecule has 2 atom stereocenters. The van der Waals surface area contributed by atoms with E-state index in [4.69, 9.17) is 0 Å².